The average Bonchev–Trinajstić information content (AvgIpc) is 3.35. The molecule has 0 spiro atoms. The van der Waals surface area contributed by atoms with Crippen LogP contribution in [0.5, 0.6) is 5.75 Å². The summed E-state index contributed by atoms with van der Waals surface area (Å²) in [6, 6.07) is 14.2. The van der Waals surface area contributed by atoms with E-state index in [0.717, 1.165) is 29.3 Å². The molecule has 1 atom stereocenters. The molecule has 0 bridgehead atoms. The van der Waals surface area contributed by atoms with Gasteiger partial charge in [0.25, 0.3) is 5.91 Å². The second-order valence-electron chi connectivity index (χ2n) is 15.8. The van der Waals surface area contributed by atoms with Crippen molar-refractivity contribution in [2.45, 2.75) is 77.2 Å². The highest BCUT2D eigenvalue weighted by Crippen LogP contribution is 2.40. The molecule has 18 heteroatoms. The van der Waals surface area contributed by atoms with E-state index in [0.29, 0.717) is 61.9 Å². The summed E-state index contributed by atoms with van der Waals surface area (Å²) in [4.78, 5) is 61.2. The zero-order chi connectivity index (χ0) is 42.9. The third-order valence-corrected chi connectivity index (χ3v) is 11.1. The fraction of sp³-hybridized carbons (Fsp3) is 0.439. The van der Waals surface area contributed by atoms with E-state index in [4.69, 9.17) is 17.0 Å². The summed E-state index contributed by atoms with van der Waals surface area (Å²) in [6.07, 6.45) is -2.58. The van der Waals surface area contributed by atoms with Crippen molar-refractivity contribution in [3.05, 3.63) is 71.5 Å². The van der Waals surface area contributed by atoms with E-state index in [1.54, 1.807) is 55.1 Å². The van der Waals surface area contributed by atoms with Crippen LogP contribution in [0.2, 0.25) is 0 Å². The van der Waals surface area contributed by atoms with Gasteiger partial charge in [-0.1, -0.05) is 13.0 Å². The van der Waals surface area contributed by atoms with Crippen LogP contribution in [0.1, 0.15) is 64.3 Å². The average molecular weight is 834 g/mol. The number of nitriles is 1. The SMILES string of the molecule is CCc1cc(N2C(=S)N(c3cnc(C#N)c(C(F)(F)F)c3)C(=O)C2(C)C)ccc1OCCN1CCN(CC(=O)Nc2cccc(NC3CCC(=O)NC3=O)c2)C(C)(C)C1. The number of imide groups is 1. The van der Waals surface area contributed by atoms with Gasteiger partial charge in [0.15, 0.2) is 10.8 Å². The molecule has 1 unspecified atom stereocenters. The molecule has 59 heavy (non-hydrogen) atoms. The molecule has 3 N–H and O–H groups in total. The van der Waals surface area contributed by atoms with Gasteiger partial charge < -0.3 is 20.3 Å². The molecule has 0 aliphatic carbocycles. The molecule has 2 aromatic carbocycles. The van der Waals surface area contributed by atoms with Crippen molar-refractivity contribution in [1.29, 1.82) is 5.26 Å². The van der Waals surface area contributed by atoms with Gasteiger partial charge in [0.1, 0.15) is 30.0 Å². The Balaban J connectivity index is 1.03. The van der Waals surface area contributed by atoms with Crippen LogP contribution in [0.3, 0.4) is 0 Å². The summed E-state index contributed by atoms with van der Waals surface area (Å²) < 4.78 is 47.5. The first-order valence-electron chi connectivity index (χ1n) is 19.2. The van der Waals surface area contributed by atoms with Crippen molar-refractivity contribution in [1.82, 2.24) is 20.1 Å². The maximum Gasteiger partial charge on any atom is 0.419 e. The van der Waals surface area contributed by atoms with E-state index in [9.17, 15) is 37.6 Å². The second kappa shape index (κ2) is 16.9. The molecule has 14 nitrogen and oxygen atoms in total. The first-order valence-corrected chi connectivity index (χ1v) is 19.6. The van der Waals surface area contributed by atoms with Crippen molar-refractivity contribution in [3.8, 4) is 11.8 Å². The van der Waals surface area contributed by atoms with Crippen LogP contribution in [-0.2, 0) is 31.8 Å². The molecule has 4 heterocycles. The van der Waals surface area contributed by atoms with Gasteiger partial charge in [0, 0.05) is 55.2 Å². The molecular weight excluding hydrogens is 788 g/mol. The first kappa shape index (κ1) is 43.0. The molecule has 3 fully saturated rings. The molecule has 312 valence electrons. The van der Waals surface area contributed by atoms with Gasteiger partial charge >= 0.3 is 6.18 Å². The number of aryl methyl sites for hydroxylation is 1. The zero-order valence-electron chi connectivity index (χ0n) is 33.4. The van der Waals surface area contributed by atoms with Crippen molar-refractivity contribution in [2.24, 2.45) is 0 Å². The van der Waals surface area contributed by atoms with E-state index in [1.165, 1.54) is 6.07 Å². The Hall–Kier alpha value is -5.64. The van der Waals surface area contributed by atoms with Crippen LogP contribution in [-0.4, -0.2) is 100.0 Å². The van der Waals surface area contributed by atoms with Crippen molar-refractivity contribution in [3.63, 3.8) is 0 Å². The Morgan fingerprint density at radius 2 is 1.81 bits per heavy atom. The molecule has 0 radical (unpaired) electrons. The number of aromatic nitrogens is 1. The summed E-state index contributed by atoms with van der Waals surface area (Å²) in [5.74, 6) is -0.718. The Kier molecular flexibility index (Phi) is 12.3. The minimum Gasteiger partial charge on any atom is -0.492 e. The van der Waals surface area contributed by atoms with Gasteiger partial charge in [0.05, 0.1) is 24.0 Å². The van der Waals surface area contributed by atoms with Crippen molar-refractivity contribution in [2.75, 3.05) is 59.8 Å². The Bertz CT molecular complexity index is 2210. The number of pyridine rings is 1. The van der Waals surface area contributed by atoms with Gasteiger partial charge in [-0.2, -0.15) is 18.4 Å². The molecule has 3 aliphatic rings. The maximum atomic E-state index is 13.7. The fourth-order valence-corrected chi connectivity index (χ4v) is 8.13. The normalized spacial score (nSPS) is 19.7. The van der Waals surface area contributed by atoms with Crippen LogP contribution < -0.4 is 30.5 Å². The number of hydrogen-bond acceptors (Lipinski definition) is 11. The second-order valence-corrected chi connectivity index (χ2v) is 16.2. The minimum atomic E-state index is -4.86. The molecule has 1 aromatic heterocycles. The number of amides is 4. The lowest BCUT2D eigenvalue weighted by molar-refractivity contribution is -0.138. The number of piperazine rings is 1. The third-order valence-electron chi connectivity index (χ3n) is 10.8. The molecule has 4 amide bonds. The molecule has 3 saturated heterocycles. The lowest BCUT2D eigenvalue weighted by Gasteiger charge is -2.46. The number of ether oxygens (including phenoxy) is 1. The monoisotopic (exact) mass is 833 g/mol. The van der Waals surface area contributed by atoms with Gasteiger partial charge in [-0.3, -0.25) is 39.2 Å². The van der Waals surface area contributed by atoms with Crippen molar-refractivity contribution >= 4 is 63.7 Å². The van der Waals surface area contributed by atoms with Crippen LogP contribution in [0.25, 0.3) is 0 Å². The van der Waals surface area contributed by atoms with Gasteiger partial charge in [-0.25, -0.2) is 4.98 Å². The number of carbonyl (C=O) groups excluding carboxylic acids is 4. The highest BCUT2D eigenvalue weighted by molar-refractivity contribution is 7.81. The molecule has 3 aromatic rings. The number of nitrogens with zero attached hydrogens (tertiary/aromatic N) is 6. The number of benzene rings is 2. The van der Waals surface area contributed by atoms with Crippen LogP contribution in [0.4, 0.5) is 35.9 Å². The Morgan fingerprint density at radius 1 is 1.07 bits per heavy atom. The predicted octanol–water partition coefficient (Wildman–Crippen LogP) is 5.08. The molecule has 3 aliphatic heterocycles. The predicted molar refractivity (Wildman–Crippen MR) is 219 cm³/mol. The van der Waals surface area contributed by atoms with Crippen LogP contribution >= 0.6 is 12.2 Å². The fourth-order valence-electron chi connectivity index (χ4n) is 7.61. The van der Waals surface area contributed by atoms with E-state index in [1.807, 2.05) is 13.0 Å². The number of carbonyl (C=O) groups is 4. The standard InChI is InChI=1S/C41H46F3N9O5S/c1-6-25-18-28(53-38(59)52(37(57)40(53,4)5)29-20-30(41(42,43)44)32(21-45)46-22-29)10-12-33(25)58-17-16-50-14-15-51(39(2,3)24-50)23-35(55)48-27-9-7-8-26(19-27)47-31-11-13-34(54)49-36(31)56/h7-10,12,18-20,22,31,47H,6,11,13-17,23-24H2,1-5H3,(H,48,55)(H,49,54,56). The maximum absolute atomic E-state index is 13.7. The summed E-state index contributed by atoms with van der Waals surface area (Å²) in [7, 11) is 0. The Labute approximate surface area is 345 Å². The highest BCUT2D eigenvalue weighted by Gasteiger charge is 2.51. The number of halogens is 3. The zero-order valence-corrected chi connectivity index (χ0v) is 34.2. The molecular formula is C41H46F3N9O5S. The highest BCUT2D eigenvalue weighted by atomic mass is 32.1. The van der Waals surface area contributed by atoms with Gasteiger partial charge in [-0.15, -0.1) is 0 Å². The summed E-state index contributed by atoms with van der Waals surface area (Å²) in [5, 5.41) is 17.6. The number of nitrogens with one attached hydrogen (secondary N) is 3. The van der Waals surface area contributed by atoms with E-state index >= 15 is 0 Å². The van der Waals surface area contributed by atoms with E-state index < -0.39 is 34.9 Å². The number of anilines is 4. The van der Waals surface area contributed by atoms with E-state index in [2.05, 4.69) is 44.6 Å². The number of thiocarbonyl (C=S) groups is 1. The number of rotatable bonds is 12. The largest absolute Gasteiger partial charge is 0.492 e. The number of piperidine rings is 1. The molecule has 0 saturated carbocycles. The number of alkyl halides is 3. The van der Waals surface area contributed by atoms with Gasteiger partial charge in [0.2, 0.25) is 17.7 Å². The van der Waals surface area contributed by atoms with E-state index in [-0.39, 0.29) is 47.0 Å². The van der Waals surface area contributed by atoms with Crippen LogP contribution in [0, 0.1) is 11.3 Å². The van der Waals surface area contributed by atoms with Crippen molar-refractivity contribution < 1.29 is 37.1 Å². The summed E-state index contributed by atoms with van der Waals surface area (Å²) in [5.41, 5.74) is -1.16. The first-order chi connectivity index (χ1) is 27.8. The minimum absolute atomic E-state index is 0.0249. The molecule has 6 rings (SSSR count). The topological polar surface area (TPSA) is 163 Å². The number of hydrogen-bond donors (Lipinski definition) is 3. The van der Waals surface area contributed by atoms with Gasteiger partial charge in [-0.05, 0) is 101 Å². The van der Waals surface area contributed by atoms with Crippen LogP contribution in [0.15, 0.2) is 54.7 Å². The lowest BCUT2D eigenvalue weighted by Crippen LogP contribution is -2.61. The smallest absolute Gasteiger partial charge is 0.419 e. The summed E-state index contributed by atoms with van der Waals surface area (Å²) >= 11 is 5.69. The third kappa shape index (κ3) is 9.32. The Morgan fingerprint density at radius 3 is 2.49 bits per heavy atom. The lowest BCUT2D eigenvalue weighted by atomic mass is 9.98. The summed E-state index contributed by atoms with van der Waals surface area (Å²) in [6.45, 7) is 12.7. The quantitative estimate of drug-likeness (QED) is 0.164.